The summed E-state index contributed by atoms with van der Waals surface area (Å²) < 4.78 is 52.0. The van der Waals surface area contributed by atoms with E-state index in [1.165, 1.54) is 17.7 Å². The second-order valence-electron chi connectivity index (χ2n) is 7.52. The number of unbranched alkanes of at least 4 members (excludes halogenated alkanes) is 2. The van der Waals surface area contributed by atoms with Gasteiger partial charge >= 0.3 is 12.2 Å². The van der Waals surface area contributed by atoms with Crippen LogP contribution in [0.4, 0.5) is 24.7 Å². The largest absolute Gasteiger partial charge is 0.490 e. The number of anilines is 2. The summed E-state index contributed by atoms with van der Waals surface area (Å²) in [6.45, 7) is 2.43. The first kappa shape index (κ1) is 22.2. The molecule has 1 heterocycles. The number of benzene rings is 1. The van der Waals surface area contributed by atoms with Gasteiger partial charge in [-0.25, -0.2) is 4.98 Å². The maximum Gasteiger partial charge on any atom is 0.421 e. The molecule has 0 unspecified atom stereocenters. The molecule has 30 heavy (non-hydrogen) atoms. The number of alkyl halides is 3. The Kier molecular flexibility index (Phi) is 7.39. The molecule has 1 saturated carbocycles. The van der Waals surface area contributed by atoms with Crippen LogP contribution < -0.4 is 14.4 Å². The van der Waals surface area contributed by atoms with Gasteiger partial charge in [0.05, 0.1) is 12.7 Å². The normalized spacial score (nSPS) is 14.7. The van der Waals surface area contributed by atoms with E-state index in [1.807, 2.05) is 0 Å². The zero-order valence-electron chi connectivity index (χ0n) is 17.4. The Balaban J connectivity index is 1.78. The van der Waals surface area contributed by atoms with Crippen LogP contribution in [-0.4, -0.2) is 29.7 Å². The van der Waals surface area contributed by atoms with Crippen LogP contribution in [0.15, 0.2) is 30.5 Å². The summed E-state index contributed by atoms with van der Waals surface area (Å²) in [5.41, 5.74) is -0.341. The van der Waals surface area contributed by atoms with Crippen LogP contribution in [0.2, 0.25) is 0 Å². The molecule has 0 aliphatic heterocycles. The fraction of sp³-hybridized carbons (Fsp3) is 0.545. The molecular formula is C22H28F3N3O2. The minimum atomic E-state index is -4.57. The number of nitrogens with zero attached hydrogens (tertiary/aromatic N) is 3. The predicted octanol–water partition coefficient (Wildman–Crippen LogP) is 6.15. The van der Waals surface area contributed by atoms with Crippen LogP contribution in [0.1, 0.15) is 57.4 Å². The monoisotopic (exact) mass is 423 g/mol. The Labute approximate surface area is 175 Å². The van der Waals surface area contributed by atoms with Crippen LogP contribution in [0.3, 0.4) is 0 Å². The van der Waals surface area contributed by atoms with E-state index in [-0.39, 0.29) is 17.9 Å². The third kappa shape index (κ3) is 5.77. The van der Waals surface area contributed by atoms with Crippen molar-refractivity contribution in [3.05, 3.63) is 36.0 Å². The Hall–Kier alpha value is -2.51. The molecule has 1 fully saturated rings. The summed E-state index contributed by atoms with van der Waals surface area (Å²) in [6, 6.07) is 6.96. The van der Waals surface area contributed by atoms with E-state index in [0.717, 1.165) is 44.1 Å². The van der Waals surface area contributed by atoms with Gasteiger partial charge in [-0.2, -0.15) is 18.2 Å². The van der Waals surface area contributed by atoms with Crippen molar-refractivity contribution in [2.45, 2.75) is 64.1 Å². The molecule has 1 aromatic carbocycles. The lowest BCUT2D eigenvalue weighted by Crippen LogP contribution is -2.19. The smallest absolute Gasteiger partial charge is 0.421 e. The Morgan fingerprint density at radius 3 is 2.43 bits per heavy atom. The Morgan fingerprint density at radius 2 is 1.80 bits per heavy atom. The predicted molar refractivity (Wildman–Crippen MR) is 109 cm³/mol. The van der Waals surface area contributed by atoms with Crippen molar-refractivity contribution in [3.8, 4) is 11.8 Å². The molecule has 0 atom stereocenters. The van der Waals surface area contributed by atoms with Crippen molar-refractivity contribution in [2.75, 3.05) is 18.6 Å². The first-order chi connectivity index (χ1) is 14.4. The van der Waals surface area contributed by atoms with Gasteiger partial charge in [0.2, 0.25) is 0 Å². The van der Waals surface area contributed by atoms with E-state index in [1.54, 1.807) is 31.3 Å². The third-order valence-corrected chi connectivity index (χ3v) is 5.18. The molecule has 0 amide bonds. The first-order valence-corrected chi connectivity index (χ1v) is 10.5. The number of halogens is 3. The lowest BCUT2D eigenvalue weighted by atomic mass is 10.2. The van der Waals surface area contributed by atoms with Gasteiger partial charge in [-0.05, 0) is 56.4 Å². The summed E-state index contributed by atoms with van der Waals surface area (Å²) >= 11 is 0. The van der Waals surface area contributed by atoms with Crippen LogP contribution in [-0.2, 0) is 6.18 Å². The number of hydrogen-bond donors (Lipinski definition) is 0. The maximum absolute atomic E-state index is 13.5. The second-order valence-corrected chi connectivity index (χ2v) is 7.52. The second kappa shape index (κ2) is 10.00. The zero-order chi connectivity index (χ0) is 21.6. The minimum Gasteiger partial charge on any atom is -0.490 e. The highest BCUT2D eigenvalue weighted by atomic mass is 19.4. The van der Waals surface area contributed by atoms with Crippen LogP contribution in [0.5, 0.6) is 11.8 Å². The fourth-order valence-electron chi connectivity index (χ4n) is 3.47. The molecule has 1 aliphatic rings. The topological polar surface area (TPSA) is 47.5 Å². The molecule has 0 bridgehead atoms. The van der Waals surface area contributed by atoms with Crippen molar-refractivity contribution in [1.82, 2.24) is 9.97 Å². The zero-order valence-corrected chi connectivity index (χ0v) is 17.4. The number of ether oxygens (including phenoxy) is 2. The van der Waals surface area contributed by atoms with Gasteiger partial charge in [-0.1, -0.05) is 19.8 Å². The maximum atomic E-state index is 13.5. The van der Waals surface area contributed by atoms with Gasteiger partial charge in [0.1, 0.15) is 11.3 Å². The van der Waals surface area contributed by atoms with Crippen LogP contribution >= 0.6 is 0 Å². The molecule has 0 spiro atoms. The summed E-state index contributed by atoms with van der Waals surface area (Å²) in [5.74, 6) is 0.477. The summed E-state index contributed by atoms with van der Waals surface area (Å²) in [5, 5.41) is 0. The highest BCUT2D eigenvalue weighted by Gasteiger charge is 2.36. The molecule has 164 valence electrons. The molecule has 2 aromatic rings. The van der Waals surface area contributed by atoms with Crippen molar-refractivity contribution in [2.24, 2.45) is 0 Å². The van der Waals surface area contributed by atoms with E-state index < -0.39 is 11.7 Å². The van der Waals surface area contributed by atoms with Crippen LogP contribution in [0.25, 0.3) is 0 Å². The van der Waals surface area contributed by atoms with E-state index in [4.69, 9.17) is 9.47 Å². The average molecular weight is 423 g/mol. The molecular weight excluding hydrogens is 395 g/mol. The van der Waals surface area contributed by atoms with E-state index in [0.29, 0.717) is 12.3 Å². The van der Waals surface area contributed by atoms with Gasteiger partial charge in [-0.15, -0.1) is 0 Å². The van der Waals surface area contributed by atoms with Gasteiger partial charge in [0, 0.05) is 18.9 Å². The van der Waals surface area contributed by atoms with Gasteiger partial charge < -0.3 is 14.4 Å². The quantitative estimate of drug-likeness (QED) is 0.453. The summed E-state index contributed by atoms with van der Waals surface area (Å²) in [6.07, 6.45) is 3.64. The number of aromatic nitrogens is 2. The minimum absolute atomic E-state index is 0.0536. The molecule has 8 heteroatoms. The number of rotatable bonds is 9. The molecule has 1 aromatic heterocycles. The van der Waals surface area contributed by atoms with Gasteiger partial charge in [0.25, 0.3) is 0 Å². The van der Waals surface area contributed by atoms with Crippen molar-refractivity contribution in [1.29, 1.82) is 0 Å². The first-order valence-electron chi connectivity index (χ1n) is 10.5. The fourth-order valence-corrected chi connectivity index (χ4v) is 3.47. The standard InChI is InChI=1S/C22H28F3N3O2/c1-3-4-7-14-29-21-26-15-19(22(23,24)25)20(27-21)28(2)16-10-12-18(13-11-16)30-17-8-5-6-9-17/h10-13,15,17H,3-9,14H2,1-2H3. The molecule has 0 saturated heterocycles. The van der Waals surface area contributed by atoms with Crippen molar-refractivity contribution in [3.63, 3.8) is 0 Å². The van der Waals surface area contributed by atoms with E-state index in [2.05, 4.69) is 16.9 Å². The van der Waals surface area contributed by atoms with Crippen molar-refractivity contribution < 1.29 is 22.6 Å². The average Bonchev–Trinajstić information content (AvgIpc) is 3.23. The highest BCUT2D eigenvalue weighted by Crippen LogP contribution is 2.38. The lowest BCUT2D eigenvalue weighted by molar-refractivity contribution is -0.137. The summed E-state index contributed by atoms with van der Waals surface area (Å²) in [4.78, 5) is 9.20. The Bertz CT molecular complexity index is 806. The van der Waals surface area contributed by atoms with Gasteiger partial charge in [0.15, 0.2) is 5.82 Å². The molecule has 1 aliphatic carbocycles. The number of hydrogen-bond acceptors (Lipinski definition) is 5. The third-order valence-electron chi connectivity index (χ3n) is 5.18. The highest BCUT2D eigenvalue weighted by molar-refractivity contribution is 5.63. The van der Waals surface area contributed by atoms with E-state index >= 15 is 0 Å². The van der Waals surface area contributed by atoms with Gasteiger partial charge in [-0.3, -0.25) is 0 Å². The lowest BCUT2D eigenvalue weighted by Gasteiger charge is -2.23. The molecule has 3 rings (SSSR count). The molecule has 5 nitrogen and oxygen atoms in total. The van der Waals surface area contributed by atoms with Crippen molar-refractivity contribution >= 4 is 11.5 Å². The SMILES string of the molecule is CCCCCOc1ncc(C(F)(F)F)c(N(C)c2ccc(OC3CCCC3)cc2)n1. The molecule has 0 radical (unpaired) electrons. The summed E-state index contributed by atoms with van der Waals surface area (Å²) in [7, 11) is 1.55. The van der Waals surface area contributed by atoms with Crippen LogP contribution in [0, 0.1) is 0 Å². The van der Waals surface area contributed by atoms with E-state index in [9.17, 15) is 13.2 Å². The molecule has 0 N–H and O–H groups in total. The Morgan fingerprint density at radius 1 is 1.10 bits per heavy atom.